The molecule has 26 heavy (non-hydrogen) atoms. The zero-order chi connectivity index (χ0) is 18.1. The van der Waals surface area contributed by atoms with Gasteiger partial charge in [0.25, 0.3) is 11.5 Å². The van der Waals surface area contributed by atoms with Crippen LogP contribution >= 0.6 is 0 Å². The number of H-pyrrole nitrogens is 1. The standard InChI is InChI=1S/C19H23N5O2/c1-12-5-4-6-15(20-12)18(26)21-14-9-13(10-14)16-11-17(25)23-19(22-16)24-7-2-3-8-24/h4-6,11,13-14H,2-3,7-10H2,1H3,(H,21,26)(H,22,23,25). The summed E-state index contributed by atoms with van der Waals surface area (Å²) < 4.78 is 0. The summed E-state index contributed by atoms with van der Waals surface area (Å²) in [5.74, 6) is 0.754. The van der Waals surface area contributed by atoms with Crippen molar-refractivity contribution in [2.75, 3.05) is 18.0 Å². The molecule has 2 fully saturated rings. The molecule has 2 aromatic heterocycles. The van der Waals surface area contributed by atoms with Gasteiger partial charge in [0, 0.05) is 36.8 Å². The van der Waals surface area contributed by atoms with E-state index < -0.39 is 0 Å². The van der Waals surface area contributed by atoms with Gasteiger partial charge < -0.3 is 10.2 Å². The maximum absolute atomic E-state index is 12.3. The van der Waals surface area contributed by atoms with Crippen molar-refractivity contribution in [3.05, 3.63) is 51.7 Å². The zero-order valence-corrected chi connectivity index (χ0v) is 14.9. The maximum Gasteiger partial charge on any atom is 0.270 e. The van der Waals surface area contributed by atoms with Crippen molar-refractivity contribution in [3.63, 3.8) is 0 Å². The van der Waals surface area contributed by atoms with Crippen LogP contribution < -0.4 is 15.8 Å². The van der Waals surface area contributed by atoms with Gasteiger partial charge in [-0.3, -0.25) is 14.6 Å². The van der Waals surface area contributed by atoms with Crippen molar-refractivity contribution in [2.24, 2.45) is 0 Å². The van der Waals surface area contributed by atoms with Crippen molar-refractivity contribution in [1.82, 2.24) is 20.3 Å². The second kappa shape index (κ2) is 6.90. The first-order valence-electron chi connectivity index (χ1n) is 9.19. The van der Waals surface area contributed by atoms with E-state index in [9.17, 15) is 9.59 Å². The van der Waals surface area contributed by atoms with Gasteiger partial charge in [0.15, 0.2) is 0 Å². The lowest BCUT2D eigenvalue weighted by Crippen LogP contribution is -2.44. The summed E-state index contributed by atoms with van der Waals surface area (Å²) in [5.41, 5.74) is 1.99. The maximum atomic E-state index is 12.3. The number of pyridine rings is 1. The third kappa shape index (κ3) is 3.47. The first-order valence-corrected chi connectivity index (χ1v) is 9.19. The Bertz CT molecular complexity index is 866. The Balaban J connectivity index is 1.38. The molecule has 0 aromatic carbocycles. The number of nitrogens with zero attached hydrogens (tertiary/aromatic N) is 3. The fourth-order valence-corrected chi connectivity index (χ4v) is 3.66. The van der Waals surface area contributed by atoms with E-state index >= 15 is 0 Å². The number of carbonyl (C=O) groups excluding carboxylic acids is 1. The Labute approximate surface area is 151 Å². The molecule has 1 aliphatic heterocycles. The third-order valence-corrected chi connectivity index (χ3v) is 5.17. The van der Waals surface area contributed by atoms with Gasteiger partial charge >= 0.3 is 0 Å². The minimum atomic E-state index is -0.145. The highest BCUT2D eigenvalue weighted by Gasteiger charge is 2.33. The molecular formula is C19H23N5O2. The topological polar surface area (TPSA) is 91.0 Å². The lowest BCUT2D eigenvalue weighted by atomic mass is 9.78. The number of hydrogen-bond donors (Lipinski definition) is 2. The Morgan fingerprint density at radius 2 is 2.00 bits per heavy atom. The highest BCUT2D eigenvalue weighted by molar-refractivity contribution is 5.92. The van der Waals surface area contributed by atoms with E-state index in [4.69, 9.17) is 0 Å². The lowest BCUT2D eigenvalue weighted by Gasteiger charge is -2.35. The van der Waals surface area contributed by atoms with E-state index in [0.29, 0.717) is 11.6 Å². The van der Waals surface area contributed by atoms with Crippen LogP contribution in [0.25, 0.3) is 0 Å². The van der Waals surface area contributed by atoms with Crippen LogP contribution in [0.2, 0.25) is 0 Å². The number of anilines is 1. The van der Waals surface area contributed by atoms with Crippen molar-refractivity contribution >= 4 is 11.9 Å². The molecule has 1 saturated heterocycles. The molecule has 0 spiro atoms. The molecule has 3 heterocycles. The molecule has 7 nitrogen and oxygen atoms in total. The van der Waals surface area contributed by atoms with E-state index in [1.165, 1.54) is 0 Å². The molecule has 1 amide bonds. The monoisotopic (exact) mass is 353 g/mol. The summed E-state index contributed by atoms with van der Waals surface area (Å²) in [6.45, 7) is 3.76. The van der Waals surface area contributed by atoms with Gasteiger partial charge in [0.05, 0.1) is 5.69 Å². The van der Waals surface area contributed by atoms with Crippen molar-refractivity contribution in [3.8, 4) is 0 Å². The van der Waals surface area contributed by atoms with Crippen LogP contribution in [0.3, 0.4) is 0 Å². The molecule has 1 saturated carbocycles. The molecule has 0 atom stereocenters. The fourth-order valence-electron chi connectivity index (χ4n) is 3.66. The molecule has 0 bridgehead atoms. The van der Waals surface area contributed by atoms with Gasteiger partial charge in [-0.05, 0) is 44.7 Å². The Morgan fingerprint density at radius 3 is 2.73 bits per heavy atom. The number of rotatable bonds is 4. The van der Waals surface area contributed by atoms with Gasteiger partial charge in [-0.25, -0.2) is 9.97 Å². The quantitative estimate of drug-likeness (QED) is 0.874. The summed E-state index contributed by atoms with van der Waals surface area (Å²) in [5, 5.41) is 3.02. The van der Waals surface area contributed by atoms with Crippen LogP contribution in [0.5, 0.6) is 0 Å². The first-order chi connectivity index (χ1) is 12.6. The van der Waals surface area contributed by atoms with Gasteiger partial charge in [0.2, 0.25) is 5.95 Å². The number of aryl methyl sites for hydroxylation is 1. The number of aromatic nitrogens is 3. The second-order valence-corrected chi connectivity index (χ2v) is 7.19. The molecule has 2 aliphatic rings. The van der Waals surface area contributed by atoms with E-state index in [1.54, 1.807) is 12.1 Å². The molecule has 1 aliphatic carbocycles. The minimum absolute atomic E-state index is 0.103. The van der Waals surface area contributed by atoms with Crippen molar-refractivity contribution in [1.29, 1.82) is 0 Å². The summed E-state index contributed by atoms with van der Waals surface area (Å²) in [7, 11) is 0. The summed E-state index contributed by atoms with van der Waals surface area (Å²) in [6.07, 6.45) is 3.87. The van der Waals surface area contributed by atoms with Gasteiger partial charge in [-0.15, -0.1) is 0 Å². The first kappa shape index (κ1) is 16.8. The zero-order valence-electron chi connectivity index (χ0n) is 14.9. The van der Waals surface area contributed by atoms with Gasteiger partial charge in [-0.1, -0.05) is 6.07 Å². The smallest absolute Gasteiger partial charge is 0.270 e. The van der Waals surface area contributed by atoms with E-state index in [2.05, 4.69) is 25.2 Å². The molecule has 2 N–H and O–H groups in total. The minimum Gasteiger partial charge on any atom is -0.348 e. The van der Waals surface area contributed by atoms with Crippen molar-refractivity contribution < 1.29 is 4.79 Å². The highest BCUT2D eigenvalue weighted by atomic mass is 16.2. The lowest BCUT2D eigenvalue weighted by molar-refractivity contribution is 0.0903. The second-order valence-electron chi connectivity index (χ2n) is 7.19. The number of nitrogens with one attached hydrogen (secondary N) is 2. The molecular weight excluding hydrogens is 330 g/mol. The van der Waals surface area contributed by atoms with Crippen LogP contribution in [0, 0.1) is 6.92 Å². The molecule has 0 unspecified atom stereocenters. The van der Waals surface area contributed by atoms with E-state index in [-0.39, 0.29) is 23.4 Å². The predicted octanol–water partition coefficient (Wildman–Crippen LogP) is 1.75. The number of carbonyl (C=O) groups is 1. The van der Waals surface area contributed by atoms with Crippen LogP contribution in [-0.4, -0.2) is 40.0 Å². The number of hydrogen-bond acceptors (Lipinski definition) is 5. The molecule has 4 rings (SSSR count). The SMILES string of the molecule is Cc1cccc(C(=O)NC2CC(c3cc(=O)[nH]c(N4CCCC4)n3)C2)n1. The average molecular weight is 353 g/mol. The van der Waals surface area contributed by atoms with Crippen LogP contribution in [-0.2, 0) is 0 Å². The van der Waals surface area contributed by atoms with E-state index in [0.717, 1.165) is 50.2 Å². The third-order valence-electron chi connectivity index (χ3n) is 5.17. The number of amides is 1. The van der Waals surface area contributed by atoms with Crippen molar-refractivity contribution in [2.45, 2.75) is 44.6 Å². The van der Waals surface area contributed by atoms with E-state index in [1.807, 2.05) is 19.1 Å². The van der Waals surface area contributed by atoms with Gasteiger partial charge in [0.1, 0.15) is 5.69 Å². The Hall–Kier alpha value is -2.70. The number of aromatic amines is 1. The van der Waals surface area contributed by atoms with Crippen LogP contribution in [0.1, 0.15) is 53.5 Å². The van der Waals surface area contributed by atoms with Gasteiger partial charge in [-0.2, -0.15) is 0 Å². The molecule has 136 valence electrons. The molecule has 2 aromatic rings. The highest BCUT2D eigenvalue weighted by Crippen LogP contribution is 2.36. The fraction of sp³-hybridized carbons (Fsp3) is 0.474. The summed E-state index contributed by atoms with van der Waals surface area (Å²) in [4.78, 5) is 38.2. The van der Waals surface area contributed by atoms with Crippen LogP contribution in [0.4, 0.5) is 5.95 Å². The summed E-state index contributed by atoms with van der Waals surface area (Å²) >= 11 is 0. The molecule has 0 radical (unpaired) electrons. The normalized spacial score (nSPS) is 22.1. The predicted molar refractivity (Wildman–Crippen MR) is 98.5 cm³/mol. The molecule has 7 heteroatoms. The Kier molecular flexibility index (Phi) is 4.44. The Morgan fingerprint density at radius 1 is 1.23 bits per heavy atom. The van der Waals surface area contributed by atoms with Crippen LogP contribution in [0.15, 0.2) is 29.1 Å². The average Bonchev–Trinajstić information content (AvgIpc) is 3.11. The summed E-state index contributed by atoms with van der Waals surface area (Å²) in [6, 6.07) is 7.11. The largest absolute Gasteiger partial charge is 0.348 e.